The number of rotatable bonds is 3. The summed E-state index contributed by atoms with van der Waals surface area (Å²) in [4.78, 5) is 24.8. The molecule has 2 unspecified atom stereocenters. The van der Waals surface area contributed by atoms with Gasteiger partial charge in [-0.3, -0.25) is 9.59 Å². The standard InChI is InChI=1S/C28H23O3P/c29-21-6-2-8-23(16-21)32(31,24-9-3-7-22(30)17-24)26-15-13-20-11-10-18-4-1-5-19-12-14-25(26)28(20)27(18)19/h1-5,8-15,23-24H,6-7,16-17H2. The lowest BCUT2D eigenvalue weighted by Gasteiger charge is -2.34. The Morgan fingerprint density at radius 1 is 0.656 bits per heavy atom. The van der Waals surface area contributed by atoms with Gasteiger partial charge in [0.05, 0.1) is 0 Å². The molecule has 3 nitrogen and oxygen atoms in total. The first-order valence-electron chi connectivity index (χ1n) is 11.2. The minimum atomic E-state index is -3.17. The van der Waals surface area contributed by atoms with Crippen LogP contribution in [0.2, 0.25) is 0 Å². The minimum Gasteiger partial charge on any atom is -0.317 e. The number of ketones is 2. The number of hydrogen-bond donors (Lipinski definition) is 0. The summed E-state index contributed by atoms with van der Waals surface area (Å²) in [6, 6.07) is 18.8. The fourth-order valence-electron chi connectivity index (χ4n) is 5.64. The van der Waals surface area contributed by atoms with Crippen LogP contribution < -0.4 is 5.30 Å². The van der Waals surface area contributed by atoms with E-state index in [0.29, 0.717) is 12.8 Å². The maximum atomic E-state index is 15.2. The van der Waals surface area contributed by atoms with Gasteiger partial charge in [-0.2, -0.15) is 0 Å². The highest BCUT2D eigenvalue weighted by atomic mass is 31.2. The number of hydrogen-bond acceptors (Lipinski definition) is 3. The molecule has 2 aliphatic carbocycles. The van der Waals surface area contributed by atoms with Crippen LogP contribution in [0.25, 0.3) is 32.3 Å². The SMILES string of the molecule is O=C1CC=CC(P(=O)(c2ccc3ccc4cccc5ccc2c3c45)C2C=CCC(=O)C2)C1. The molecule has 32 heavy (non-hydrogen) atoms. The molecule has 0 N–H and O–H groups in total. The molecule has 0 saturated carbocycles. The van der Waals surface area contributed by atoms with Crippen molar-refractivity contribution in [1.29, 1.82) is 0 Å². The summed E-state index contributed by atoms with van der Waals surface area (Å²) in [5.41, 5.74) is -0.745. The van der Waals surface area contributed by atoms with E-state index in [2.05, 4.69) is 48.5 Å². The minimum absolute atomic E-state index is 0.113. The number of Topliss-reactive ketones (excluding diaryl/α,β-unsaturated/α-hetero) is 2. The van der Waals surface area contributed by atoms with Gasteiger partial charge < -0.3 is 4.57 Å². The number of carbonyl (C=O) groups excluding carboxylic acids is 2. The van der Waals surface area contributed by atoms with Crippen LogP contribution in [0.4, 0.5) is 0 Å². The van der Waals surface area contributed by atoms with Crippen LogP contribution in [0.3, 0.4) is 0 Å². The molecule has 2 aliphatic rings. The van der Waals surface area contributed by atoms with Crippen LogP contribution in [0.1, 0.15) is 25.7 Å². The highest BCUT2D eigenvalue weighted by Gasteiger charge is 2.43. The van der Waals surface area contributed by atoms with E-state index in [1.54, 1.807) is 0 Å². The predicted molar refractivity (Wildman–Crippen MR) is 132 cm³/mol. The topological polar surface area (TPSA) is 51.2 Å². The summed E-state index contributed by atoms with van der Waals surface area (Å²) in [6.07, 6.45) is 8.98. The van der Waals surface area contributed by atoms with E-state index in [-0.39, 0.29) is 35.7 Å². The predicted octanol–water partition coefficient (Wildman–Crippen LogP) is 6.15. The summed E-state index contributed by atoms with van der Waals surface area (Å²) >= 11 is 0. The normalized spacial score (nSPS) is 23.4. The van der Waals surface area contributed by atoms with Gasteiger partial charge in [0, 0.05) is 42.3 Å². The first kappa shape index (κ1) is 19.6. The molecule has 4 aromatic rings. The van der Waals surface area contributed by atoms with E-state index >= 15 is 4.57 Å². The Balaban J connectivity index is 1.68. The monoisotopic (exact) mass is 438 g/mol. The maximum absolute atomic E-state index is 15.2. The second kappa shape index (κ2) is 7.25. The average Bonchev–Trinajstić information content (AvgIpc) is 2.82. The van der Waals surface area contributed by atoms with Gasteiger partial charge in [-0.05, 0) is 32.3 Å². The molecule has 0 radical (unpaired) electrons. The second-order valence-corrected chi connectivity index (χ2v) is 12.3. The van der Waals surface area contributed by atoms with Crippen LogP contribution in [-0.2, 0) is 14.2 Å². The zero-order chi connectivity index (χ0) is 21.9. The maximum Gasteiger partial charge on any atom is 0.137 e. The Hall–Kier alpha value is -3.03. The van der Waals surface area contributed by atoms with Crippen LogP contribution in [0.15, 0.2) is 78.9 Å². The van der Waals surface area contributed by atoms with Gasteiger partial charge >= 0.3 is 0 Å². The van der Waals surface area contributed by atoms with E-state index in [0.717, 1.165) is 32.2 Å². The summed E-state index contributed by atoms with van der Waals surface area (Å²) in [5.74, 6) is 0.225. The third-order valence-electron chi connectivity index (χ3n) is 7.15. The first-order chi connectivity index (χ1) is 15.6. The molecule has 0 spiro atoms. The Morgan fingerprint density at radius 2 is 1.19 bits per heavy atom. The fraction of sp³-hybridized carbons (Fsp3) is 0.214. The summed E-state index contributed by atoms with van der Waals surface area (Å²) < 4.78 is 15.2. The lowest BCUT2D eigenvalue weighted by molar-refractivity contribution is -0.119. The summed E-state index contributed by atoms with van der Waals surface area (Å²) in [7, 11) is -3.17. The molecule has 4 aromatic carbocycles. The van der Waals surface area contributed by atoms with Gasteiger partial charge in [-0.15, -0.1) is 0 Å². The van der Waals surface area contributed by atoms with Crippen LogP contribution in [0.5, 0.6) is 0 Å². The Kier molecular flexibility index (Phi) is 4.45. The van der Waals surface area contributed by atoms with Gasteiger partial charge in [0.1, 0.15) is 18.7 Å². The van der Waals surface area contributed by atoms with E-state index in [4.69, 9.17) is 0 Å². The van der Waals surface area contributed by atoms with Crippen molar-refractivity contribution in [3.05, 3.63) is 78.9 Å². The van der Waals surface area contributed by atoms with Crippen LogP contribution >= 0.6 is 7.14 Å². The number of carbonyl (C=O) groups is 2. The average molecular weight is 438 g/mol. The van der Waals surface area contributed by atoms with Crippen LogP contribution in [0, 0.1) is 0 Å². The molecule has 0 aromatic heterocycles. The van der Waals surface area contributed by atoms with E-state index < -0.39 is 7.14 Å². The van der Waals surface area contributed by atoms with Crippen molar-refractivity contribution in [2.45, 2.75) is 37.0 Å². The van der Waals surface area contributed by atoms with Crippen molar-refractivity contribution in [3.63, 3.8) is 0 Å². The third kappa shape index (κ3) is 2.84. The Labute approximate surface area is 186 Å². The smallest absolute Gasteiger partial charge is 0.137 e. The van der Waals surface area contributed by atoms with Crippen molar-refractivity contribution < 1.29 is 14.2 Å². The zero-order valence-corrected chi connectivity index (χ0v) is 18.6. The van der Waals surface area contributed by atoms with Gasteiger partial charge in [0.15, 0.2) is 0 Å². The molecular weight excluding hydrogens is 415 g/mol. The van der Waals surface area contributed by atoms with Gasteiger partial charge in [0.25, 0.3) is 0 Å². The molecular formula is C28H23O3P. The highest BCUT2D eigenvalue weighted by Crippen LogP contribution is 2.60. The Bertz CT molecular complexity index is 1460. The van der Waals surface area contributed by atoms with Crippen molar-refractivity contribution in [2.75, 3.05) is 0 Å². The molecule has 4 heteroatoms. The number of allylic oxidation sites excluding steroid dienone is 4. The molecule has 0 amide bonds. The van der Waals surface area contributed by atoms with Gasteiger partial charge in [-0.25, -0.2) is 0 Å². The van der Waals surface area contributed by atoms with Crippen molar-refractivity contribution in [2.24, 2.45) is 0 Å². The van der Waals surface area contributed by atoms with Crippen molar-refractivity contribution in [1.82, 2.24) is 0 Å². The second-order valence-electron chi connectivity index (χ2n) is 9.03. The quantitative estimate of drug-likeness (QED) is 0.219. The molecule has 2 atom stereocenters. The lowest BCUT2D eigenvalue weighted by Crippen LogP contribution is -2.30. The molecule has 0 saturated heterocycles. The first-order valence-corrected chi connectivity index (χ1v) is 13.0. The van der Waals surface area contributed by atoms with Crippen molar-refractivity contribution in [3.8, 4) is 0 Å². The molecule has 0 heterocycles. The largest absolute Gasteiger partial charge is 0.317 e. The number of benzene rings is 4. The van der Waals surface area contributed by atoms with E-state index in [1.165, 1.54) is 5.39 Å². The molecule has 6 rings (SSSR count). The third-order valence-corrected chi connectivity index (χ3v) is 11.0. The zero-order valence-electron chi connectivity index (χ0n) is 17.7. The summed E-state index contributed by atoms with van der Waals surface area (Å²) in [6.45, 7) is 0. The van der Waals surface area contributed by atoms with Crippen LogP contribution in [-0.4, -0.2) is 22.9 Å². The lowest BCUT2D eigenvalue weighted by atomic mass is 9.94. The van der Waals surface area contributed by atoms with Gasteiger partial charge in [0.2, 0.25) is 0 Å². The van der Waals surface area contributed by atoms with Gasteiger partial charge in [-0.1, -0.05) is 78.9 Å². The molecule has 0 aliphatic heterocycles. The van der Waals surface area contributed by atoms with E-state index in [1.807, 2.05) is 30.4 Å². The fourth-order valence-corrected chi connectivity index (χ4v) is 9.42. The summed E-state index contributed by atoms with van der Waals surface area (Å²) in [5, 5.41) is 7.52. The molecule has 0 bridgehead atoms. The molecule has 158 valence electrons. The highest BCUT2D eigenvalue weighted by molar-refractivity contribution is 7.73. The van der Waals surface area contributed by atoms with E-state index in [9.17, 15) is 9.59 Å². The Morgan fingerprint density at radius 3 is 1.78 bits per heavy atom. The van der Waals surface area contributed by atoms with Crippen molar-refractivity contribution >= 4 is 56.3 Å². The molecule has 0 fully saturated rings.